The van der Waals surface area contributed by atoms with E-state index in [1.165, 1.54) is 21.9 Å². The van der Waals surface area contributed by atoms with E-state index in [0.717, 1.165) is 12.0 Å². The van der Waals surface area contributed by atoms with Gasteiger partial charge in [-0.05, 0) is 43.3 Å². The molecule has 0 fully saturated rings. The predicted octanol–water partition coefficient (Wildman–Crippen LogP) is 4.22. The van der Waals surface area contributed by atoms with Crippen LogP contribution in [-0.2, 0) is 0 Å². The minimum atomic E-state index is -0.188. The van der Waals surface area contributed by atoms with Crippen LogP contribution in [0.2, 0.25) is 0 Å². The molecule has 1 unspecified atom stereocenters. The first-order chi connectivity index (χ1) is 8.24. The number of benzene rings is 1. The van der Waals surface area contributed by atoms with Gasteiger partial charge < -0.3 is 5.32 Å². The fourth-order valence-corrected chi connectivity index (χ4v) is 3.06. The standard InChI is InChI=1S/C14H16FNS/c1-3-12(16-2)14-9-8-13(17-14)10-4-6-11(15)7-5-10/h4-9,12,16H,3H2,1-2H3. The molecule has 0 spiro atoms. The maximum absolute atomic E-state index is 12.8. The monoisotopic (exact) mass is 249 g/mol. The van der Waals surface area contributed by atoms with E-state index in [0.29, 0.717) is 6.04 Å². The van der Waals surface area contributed by atoms with Gasteiger partial charge in [0.25, 0.3) is 0 Å². The molecule has 90 valence electrons. The van der Waals surface area contributed by atoms with Crippen LogP contribution in [0, 0.1) is 5.82 Å². The second-order valence-electron chi connectivity index (χ2n) is 3.96. The molecule has 0 saturated heterocycles. The van der Waals surface area contributed by atoms with Crippen molar-refractivity contribution in [2.45, 2.75) is 19.4 Å². The first-order valence-electron chi connectivity index (χ1n) is 5.77. The van der Waals surface area contributed by atoms with Crippen molar-refractivity contribution in [3.05, 3.63) is 47.1 Å². The van der Waals surface area contributed by atoms with Gasteiger partial charge in [0.1, 0.15) is 5.82 Å². The lowest BCUT2D eigenvalue weighted by Crippen LogP contribution is -2.13. The zero-order chi connectivity index (χ0) is 12.3. The van der Waals surface area contributed by atoms with E-state index in [1.54, 1.807) is 11.3 Å². The number of thiophene rings is 1. The maximum atomic E-state index is 12.8. The van der Waals surface area contributed by atoms with Crippen molar-refractivity contribution in [3.8, 4) is 10.4 Å². The number of hydrogen-bond acceptors (Lipinski definition) is 2. The molecule has 3 heteroatoms. The fraction of sp³-hybridized carbons (Fsp3) is 0.286. The van der Waals surface area contributed by atoms with Crippen molar-refractivity contribution in [3.63, 3.8) is 0 Å². The van der Waals surface area contributed by atoms with Gasteiger partial charge in [-0.2, -0.15) is 0 Å². The van der Waals surface area contributed by atoms with E-state index in [9.17, 15) is 4.39 Å². The molecule has 17 heavy (non-hydrogen) atoms. The summed E-state index contributed by atoms with van der Waals surface area (Å²) in [7, 11) is 1.98. The summed E-state index contributed by atoms with van der Waals surface area (Å²) in [4.78, 5) is 2.52. The van der Waals surface area contributed by atoms with Crippen molar-refractivity contribution in [1.29, 1.82) is 0 Å². The Balaban J connectivity index is 2.26. The molecular formula is C14H16FNS. The summed E-state index contributed by atoms with van der Waals surface area (Å²) >= 11 is 1.76. The topological polar surface area (TPSA) is 12.0 Å². The second-order valence-corrected chi connectivity index (χ2v) is 5.07. The summed E-state index contributed by atoms with van der Waals surface area (Å²) in [6.07, 6.45) is 1.07. The molecule has 2 aromatic rings. The number of hydrogen-bond donors (Lipinski definition) is 1. The quantitative estimate of drug-likeness (QED) is 0.855. The lowest BCUT2D eigenvalue weighted by atomic mass is 10.1. The Labute approximate surface area is 105 Å². The maximum Gasteiger partial charge on any atom is 0.123 e. The van der Waals surface area contributed by atoms with Gasteiger partial charge >= 0.3 is 0 Å². The van der Waals surface area contributed by atoms with Gasteiger partial charge in [0.2, 0.25) is 0 Å². The van der Waals surface area contributed by atoms with E-state index in [2.05, 4.69) is 24.4 Å². The van der Waals surface area contributed by atoms with E-state index in [4.69, 9.17) is 0 Å². The minimum absolute atomic E-state index is 0.188. The SMILES string of the molecule is CCC(NC)c1ccc(-c2ccc(F)cc2)s1. The third kappa shape index (κ3) is 2.73. The van der Waals surface area contributed by atoms with Crippen LogP contribution in [0.1, 0.15) is 24.3 Å². The third-order valence-electron chi connectivity index (χ3n) is 2.86. The lowest BCUT2D eigenvalue weighted by molar-refractivity contribution is 0.586. The molecule has 0 aliphatic rings. The normalized spacial score (nSPS) is 12.6. The van der Waals surface area contributed by atoms with Crippen LogP contribution >= 0.6 is 11.3 Å². The minimum Gasteiger partial charge on any atom is -0.312 e. The molecule has 0 amide bonds. The summed E-state index contributed by atoms with van der Waals surface area (Å²) in [6.45, 7) is 2.17. The van der Waals surface area contributed by atoms with Crippen LogP contribution in [-0.4, -0.2) is 7.05 Å². The Bertz CT molecular complexity index is 471. The number of halogens is 1. The van der Waals surface area contributed by atoms with Gasteiger partial charge in [0.15, 0.2) is 0 Å². The largest absolute Gasteiger partial charge is 0.312 e. The first kappa shape index (κ1) is 12.3. The fourth-order valence-electron chi connectivity index (χ4n) is 1.86. The Morgan fingerprint density at radius 1 is 1.18 bits per heavy atom. The molecule has 1 heterocycles. The summed E-state index contributed by atoms with van der Waals surface area (Å²) in [5.41, 5.74) is 1.08. The third-order valence-corrected chi connectivity index (χ3v) is 4.10. The van der Waals surface area contributed by atoms with Gasteiger partial charge in [-0.15, -0.1) is 11.3 Å². The average Bonchev–Trinajstić information content (AvgIpc) is 2.81. The lowest BCUT2D eigenvalue weighted by Gasteiger charge is -2.10. The molecule has 0 saturated carbocycles. The van der Waals surface area contributed by atoms with Gasteiger partial charge in [-0.25, -0.2) is 4.39 Å². The molecule has 0 aliphatic heterocycles. The van der Waals surface area contributed by atoms with Gasteiger partial charge in [0.05, 0.1) is 0 Å². The Hall–Kier alpha value is -1.19. The van der Waals surface area contributed by atoms with Crippen molar-refractivity contribution in [1.82, 2.24) is 5.32 Å². The molecular weight excluding hydrogens is 233 g/mol. The Morgan fingerprint density at radius 2 is 1.88 bits per heavy atom. The summed E-state index contributed by atoms with van der Waals surface area (Å²) < 4.78 is 12.8. The Kier molecular flexibility index (Phi) is 3.92. The van der Waals surface area contributed by atoms with Crippen molar-refractivity contribution < 1.29 is 4.39 Å². The smallest absolute Gasteiger partial charge is 0.123 e. The van der Waals surface area contributed by atoms with E-state index < -0.39 is 0 Å². The van der Waals surface area contributed by atoms with Crippen LogP contribution in [0.3, 0.4) is 0 Å². The molecule has 0 bridgehead atoms. The van der Waals surface area contributed by atoms with Gasteiger partial charge in [0, 0.05) is 15.8 Å². The summed E-state index contributed by atoms with van der Waals surface area (Å²) in [5, 5.41) is 3.29. The molecule has 1 nitrogen and oxygen atoms in total. The van der Waals surface area contributed by atoms with Crippen LogP contribution in [0.4, 0.5) is 4.39 Å². The zero-order valence-electron chi connectivity index (χ0n) is 10.0. The highest BCUT2D eigenvalue weighted by Crippen LogP contribution is 2.32. The van der Waals surface area contributed by atoms with Crippen molar-refractivity contribution >= 4 is 11.3 Å². The van der Waals surface area contributed by atoms with Gasteiger partial charge in [-0.3, -0.25) is 0 Å². The van der Waals surface area contributed by atoms with Crippen LogP contribution in [0.25, 0.3) is 10.4 Å². The molecule has 1 atom stereocenters. The van der Waals surface area contributed by atoms with E-state index >= 15 is 0 Å². The van der Waals surface area contributed by atoms with Crippen LogP contribution < -0.4 is 5.32 Å². The average molecular weight is 249 g/mol. The summed E-state index contributed by atoms with van der Waals surface area (Å²) in [5.74, 6) is -0.188. The molecule has 1 N–H and O–H groups in total. The molecule has 0 radical (unpaired) electrons. The molecule has 1 aromatic carbocycles. The first-order valence-corrected chi connectivity index (χ1v) is 6.59. The highest BCUT2D eigenvalue weighted by molar-refractivity contribution is 7.15. The van der Waals surface area contributed by atoms with Crippen molar-refractivity contribution in [2.24, 2.45) is 0 Å². The second kappa shape index (κ2) is 5.43. The number of nitrogens with one attached hydrogen (secondary N) is 1. The highest BCUT2D eigenvalue weighted by Gasteiger charge is 2.10. The Morgan fingerprint density at radius 3 is 2.47 bits per heavy atom. The van der Waals surface area contributed by atoms with Gasteiger partial charge in [-0.1, -0.05) is 19.1 Å². The predicted molar refractivity (Wildman–Crippen MR) is 71.8 cm³/mol. The van der Waals surface area contributed by atoms with Crippen LogP contribution in [0.15, 0.2) is 36.4 Å². The van der Waals surface area contributed by atoms with Crippen molar-refractivity contribution in [2.75, 3.05) is 7.05 Å². The number of rotatable bonds is 4. The molecule has 2 rings (SSSR count). The highest BCUT2D eigenvalue weighted by atomic mass is 32.1. The van der Waals surface area contributed by atoms with E-state index in [1.807, 2.05) is 19.2 Å². The summed E-state index contributed by atoms with van der Waals surface area (Å²) in [6, 6.07) is 11.3. The zero-order valence-corrected chi connectivity index (χ0v) is 10.9. The van der Waals surface area contributed by atoms with Crippen LogP contribution in [0.5, 0.6) is 0 Å². The molecule has 0 aliphatic carbocycles. The molecule has 1 aromatic heterocycles. The van der Waals surface area contributed by atoms with E-state index in [-0.39, 0.29) is 5.82 Å².